The minimum atomic E-state index is -1.01. The molecule has 0 amide bonds. The molecule has 0 fully saturated rings. The van der Waals surface area contributed by atoms with E-state index in [4.69, 9.17) is 14.6 Å². The first-order valence-corrected chi connectivity index (χ1v) is 6.11. The van der Waals surface area contributed by atoms with Gasteiger partial charge in [-0.2, -0.15) is 0 Å². The highest BCUT2D eigenvalue weighted by atomic mass is 79.9. The number of halogens is 1. The van der Waals surface area contributed by atoms with Crippen LogP contribution < -0.4 is 9.47 Å². The molecule has 0 unspecified atom stereocenters. The summed E-state index contributed by atoms with van der Waals surface area (Å²) >= 11 is 3.21. The molecule has 1 aromatic rings. The molecule has 0 atom stereocenters. The Morgan fingerprint density at radius 3 is 2.53 bits per heavy atom. The van der Waals surface area contributed by atoms with Gasteiger partial charge in [-0.05, 0) is 48.8 Å². The average Bonchev–Trinajstić information content (AvgIpc) is 2.20. The van der Waals surface area contributed by atoms with E-state index in [9.17, 15) is 4.79 Å². The highest BCUT2D eigenvalue weighted by molar-refractivity contribution is 9.10. The van der Waals surface area contributed by atoms with Crippen LogP contribution in [-0.2, 0) is 0 Å². The fraction of sp³-hybridized carbons (Fsp3) is 0.417. The fourth-order valence-corrected chi connectivity index (χ4v) is 1.81. The van der Waals surface area contributed by atoms with E-state index in [2.05, 4.69) is 15.9 Å². The van der Waals surface area contributed by atoms with Gasteiger partial charge < -0.3 is 14.6 Å². The Labute approximate surface area is 109 Å². The molecule has 0 radical (unpaired) electrons. The molecule has 94 valence electrons. The van der Waals surface area contributed by atoms with Crippen LogP contribution in [0.3, 0.4) is 0 Å². The van der Waals surface area contributed by atoms with Crippen LogP contribution in [0.5, 0.6) is 11.5 Å². The van der Waals surface area contributed by atoms with Crippen molar-refractivity contribution in [2.45, 2.75) is 26.9 Å². The minimum absolute atomic E-state index is 0.00298. The van der Waals surface area contributed by atoms with E-state index in [0.717, 1.165) is 0 Å². The maximum Gasteiger partial charge on any atom is 0.336 e. The van der Waals surface area contributed by atoms with Crippen molar-refractivity contribution in [3.05, 3.63) is 22.2 Å². The predicted octanol–water partition coefficient (Wildman–Crippen LogP) is 3.33. The molecule has 0 heterocycles. The fourth-order valence-electron chi connectivity index (χ4n) is 1.31. The lowest BCUT2D eigenvalue weighted by atomic mass is 10.2. The van der Waals surface area contributed by atoms with Gasteiger partial charge in [0.15, 0.2) is 11.5 Å². The van der Waals surface area contributed by atoms with E-state index in [1.54, 1.807) is 6.07 Å². The zero-order valence-electron chi connectivity index (χ0n) is 9.99. The second-order valence-corrected chi connectivity index (χ2v) is 4.54. The average molecular weight is 303 g/mol. The highest BCUT2D eigenvalue weighted by Gasteiger charge is 2.15. The van der Waals surface area contributed by atoms with Crippen LogP contribution in [-0.4, -0.2) is 23.8 Å². The third kappa shape index (κ3) is 3.63. The Morgan fingerprint density at radius 1 is 1.41 bits per heavy atom. The van der Waals surface area contributed by atoms with Gasteiger partial charge in [0, 0.05) is 4.47 Å². The monoisotopic (exact) mass is 302 g/mol. The number of hydrogen-bond donors (Lipinski definition) is 1. The lowest BCUT2D eigenvalue weighted by molar-refractivity contribution is 0.0695. The molecule has 0 aromatic heterocycles. The molecule has 0 aliphatic rings. The van der Waals surface area contributed by atoms with E-state index < -0.39 is 5.97 Å². The van der Waals surface area contributed by atoms with Crippen molar-refractivity contribution in [3.63, 3.8) is 0 Å². The summed E-state index contributed by atoms with van der Waals surface area (Å²) in [7, 11) is 0. The molecule has 0 aliphatic carbocycles. The number of benzene rings is 1. The first-order valence-electron chi connectivity index (χ1n) is 5.32. The molecular formula is C12H15BrO4. The lowest BCUT2D eigenvalue weighted by Crippen LogP contribution is -2.09. The molecule has 4 nitrogen and oxygen atoms in total. The van der Waals surface area contributed by atoms with Crippen LogP contribution in [0.15, 0.2) is 16.6 Å². The number of carbonyl (C=O) groups is 1. The largest absolute Gasteiger partial charge is 0.490 e. The van der Waals surface area contributed by atoms with Crippen molar-refractivity contribution in [1.82, 2.24) is 0 Å². The zero-order valence-corrected chi connectivity index (χ0v) is 11.6. The summed E-state index contributed by atoms with van der Waals surface area (Å²) in [5.41, 5.74) is 0.157. The Hall–Kier alpha value is -1.23. The standard InChI is InChI=1S/C12H15BrO4/c1-4-16-10-5-8(12(14)15)9(13)6-11(10)17-7(2)3/h5-7H,4H2,1-3H3,(H,14,15). The molecule has 0 bridgehead atoms. The second kappa shape index (κ2) is 5.91. The first kappa shape index (κ1) is 13.8. The Morgan fingerprint density at radius 2 is 2.06 bits per heavy atom. The summed E-state index contributed by atoms with van der Waals surface area (Å²) < 4.78 is 11.4. The van der Waals surface area contributed by atoms with Crippen molar-refractivity contribution in [2.24, 2.45) is 0 Å². The number of carboxylic acids is 1. The lowest BCUT2D eigenvalue weighted by Gasteiger charge is -2.15. The van der Waals surface area contributed by atoms with Crippen LogP contribution in [0.4, 0.5) is 0 Å². The summed E-state index contributed by atoms with van der Waals surface area (Å²) in [5, 5.41) is 9.00. The number of ether oxygens (including phenoxy) is 2. The smallest absolute Gasteiger partial charge is 0.336 e. The van der Waals surface area contributed by atoms with E-state index >= 15 is 0 Å². The Kier molecular flexibility index (Phi) is 4.81. The maximum absolute atomic E-state index is 11.0. The topological polar surface area (TPSA) is 55.8 Å². The molecule has 1 aromatic carbocycles. The SMILES string of the molecule is CCOc1cc(C(=O)O)c(Br)cc1OC(C)C. The van der Waals surface area contributed by atoms with E-state index in [0.29, 0.717) is 22.6 Å². The third-order valence-electron chi connectivity index (χ3n) is 1.93. The summed E-state index contributed by atoms with van der Waals surface area (Å²) in [6, 6.07) is 3.09. The van der Waals surface area contributed by atoms with E-state index in [1.807, 2.05) is 20.8 Å². The van der Waals surface area contributed by atoms with Crippen LogP contribution in [0.2, 0.25) is 0 Å². The van der Waals surface area contributed by atoms with E-state index in [-0.39, 0.29) is 11.7 Å². The summed E-state index contributed by atoms with van der Waals surface area (Å²) in [6.07, 6.45) is -0.00298. The van der Waals surface area contributed by atoms with Crippen molar-refractivity contribution < 1.29 is 19.4 Å². The van der Waals surface area contributed by atoms with Gasteiger partial charge in [-0.25, -0.2) is 4.79 Å². The molecule has 0 aliphatic heterocycles. The molecule has 0 saturated heterocycles. The quantitative estimate of drug-likeness (QED) is 0.906. The first-order chi connectivity index (χ1) is 7.95. The molecule has 1 N–H and O–H groups in total. The highest BCUT2D eigenvalue weighted by Crippen LogP contribution is 2.34. The number of carboxylic acid groups (broad SMARTS) is 1. The van der Waals surface area contributed by atoms with Gasteiger partial charge >= 0.3 is 5.97 Å². The number of rotatable bonds is 5. The van der Waals surface area contributed by atoms with Crippen molar-refractivity contribution in [2.75, 3.05) is 6.61 Å². The molecular weight excluding hydrogens is 288 g/mol. The summed E-state index contributed by atoms with van der Waals surface area (Å²) in [6.45, 7) is 6.08. The minimum Gasteiger partial charge on any atom is -0.490 e. The van der Waals surface area contributed by atoms with Gasteiger partial charge in [0.2, 0.25) is 0 Å². The third-order valence-corrected chi connectivity index (χ3v) is 2.58. The van der Waals surface area contributed by atoms with E-state index in [1.165, 1.54) is 6.07 Å². The second-order valence-electron chi connectivity index (χ2n) is 3.68. The molecule has 0 spiro atoms. The number of aromatic carboxylic acids is 1. The molecule has 17 heavy (non-hydrogen) atoms. The van der Waals surface area contributed by atoms with Crippen LogP contribution in [0.1, 0.15) is 31.1 Å². The van der Waals surface area contributed by atoms with Gasteiger partial charge in [0.05, 0.1) is 18.3 Å². The molecule has 5 heteroatoms. The van der Waals surface area contributed by atoms with Gasteiger partial charge in [0.1, 0.15) is 0 Å². The van der Waals surface area contributed by atoms with Crippen LogP contribution in [0, 0.1) is 0 Å². The molecule has 1 rings (SSSR count). The predicted molar refractivity (Wildman–Crippen MR) is 68.0 cm³/mol. The summed E-state index contributed by atoms with van der Waals surface area (Å²) in [5.74, 6) is -0.0190. The van der Waals surface area contributed by atoms with Crippen LogP contribution >= 0.6 is 15.9 Å². The normalized spacial score (nSPS) is 10.4. The zero-order chi connectivity index (χ0) is 13.0. The van der Waals surface area contributed by atoms with Gasteiger partial charge in [-0.1, -0.05) is 0 Å². The maximum atomic E-state index is 11.0. The Bertz CT molecular complexity index is 415. The van der Waals surface area contributed by atoms with Crippen molar-refractivity contribution >= 4 is 21.9 Å². The molecule has 0 saturated carbocycles. The summed E-state index contributed by atoms with van der Waals surface area (Å²) in [4.78, 5) is 11.0. The van der Waals surface area contributed by atoms with Gasteiger partial charge in [-0.3, -0.25) is 0 Å². The van der Waals surface area contributed by atoms with Crippen LogP contribution in [0.25, 0.3) is 0 Å². The van der Waals surface area contributed by atoms with Crippen molar-refractivity contribution in [1.29, 1.82) is 0 Å². The van der Waals surface area contributed by atoms with Crippen molar-refractivity contribution in [3.8, 4) is 11.5 Å². The number of hydrogen-bond acceptors (Lipinski definition) is 3. The Balaban J connectivity index is 3.20. The van der Waals surface area contributed by atoms with Gasteiger partial charge in [-0.15, -0.1) is 0 Å². The van der Waals surface area contributed by atoms with Gasteiger partial charge in [0.25, 0.3) is 0 Å².